The van der Waals surface area contributed by atoms with Crippen molar-refractivity contribution in [2.75, 3.05) is 0 Å². The lowest BCUT2D eigenvalue weighted by atomic mass is 10.5. The molecule has 0 aliphatic heterocycles. The first-order chi connectivity index (χ1) is 7.09. The highest BCUT2D eigenvalue weighted by molar-refractivity contribution is 5.70. The summed E-state index contributed by atoms with van der Waals surface area (Å²) in [6.45, 7) is 1.11. The van der Waals surface area contributed by atoms with Crippen LogP contribution in [0.15, 0.2) is 9.59 Å². The number of aromatic amines is 2. The fraction of sp³-hybridized carbons (Fsp3) is 0.167. The van der Waals surface area contributed by atoms with E-state index in [2.05, 4.69) is 20.2 Å². The van der Waals surface area contributed by atoms with E-state index in [4.69, 9.17) is 0 Å². The van der Waals surface area contributed by atoms with Crippen molar-refractivity contribution in [3.63, 3.8) is 0 Å². The molecule has 0 fully saturated rings. The minimum absolute atomic E-state index is 0.115. The van der Waals surface area contributed by atoms with Gasteiger partial charge in [-0.25, -0.2) is 9.59 Å². The van der Waals surface area contributed by atoms with Gasteiger partial charge in [0.05, 0.1) is 0 Å². The lowest BCUT2D eigenvalue weighted by molar-refractivity contribution is -0.141. The van der Waals surface area contributed by atoms with Crippen LogP contribution in [-0.2, 0) is 4.79 Å². The summed E-state index contributed by atoms with van der Waals surface area (Å²) in [5, 5.41) is 9.17. The number of rotatable bonds is 1. The molecule has 78 valence electrons. The first kappa shape index (κ1) is 9.12. The Hall–Kier alpha value is -2.45. The van der Waals surface area contributed by atoms with Crippen molar-refractivity contribution in [1.82, 2.24) is 25.1 Å². The lowest BCUT2D eigenvalue weighted by Crippen LogP contribution is -2.36. The molecule has 0 saturated carbocycles. The molecule has 0 saturated heterocycles. The summed E-state index contributed by atoms with van der Waals surface area (Å²) in [5.41, 5.74) is -1.85. The molecule has 9 heteroatoms. The van der Waals surface area contributed by atoms with Crippen LogP contribution in [0.4, 0.5) is 0 Å². The van der Waals surface area contributed by atoms with Crippen LogP contribution in [0.5, 0.6) is 0 Å². The summed E-state index contributed by atoms with van der Waals surface area (Å²) in [4.78, 5) is 39.6. The molecule has 9 nitrogen and oxygen atoms in total. The maximum absolute atomic E-state index is 11.2. The summed E-state index contributed by atoms with van der Waals surface area (Å²) in [7, 11) is 0. The number of hydrogen-bond acceptors (Lipinski definition) is 6. The molecule has 2 heterocycles. The number of hydrogen-bond donors (Lipinski definition) is 2. The molecule has 15 heavy (non-hydrogen) atoms. The van der Waals surface area contributed by atoms with Gasteiger partial charge < -0.3 is 4.84 Å². The normalized spacial score (nSPS) is 10.5. The Bertz CT molecular complexity index is 635. The van der Waals surface area contributed by atoms with Crippen LogP contribution < -0.4 is 16.1 Å². The van der Waals surface area contributed by atoms with Gasteiger partial charge in [0.2, 0.25) is 5.65 Å². The number of nitrogens with one attached hydrogen (secondary N) is 2. The topological polar surface area (TPSA) is 123 Å². The fourth-order valence-electron chi connectivity index (χ4n) is 1.04. The van der Waals surface area contributed by atoms with Crippen LogP contribution in [-0.4, -0.2) is 31.1 Å². The maximum atomic E-state index is 11.2. The van der Waals surface area contributed by atoms with Gasteiger partial charge in [0.1, 0.15) is 0 Å². The third-order valence-electron chi connectivity index (χ3n) is 1.56. The van der Waals surface area contributed by atoms with Gasteiger partial charge in [-0.2, -0.15) is 5.21 Å². The number of carbonyl (C=O) groups is 1. The molecule has 0 amide bonds. The molecule has 2 N–H and O–H groups in total. The average molecular weight is 211 g/mol. The van der Waals surface area contributed by atoms with Gasteiger partial charge in [-0.05, 0) is 0 Å². The van der Waals surface area contributed by atoms with Gasteiger partial charge in [0.25, 0.3) is 5.56 Å². The van der Waals surface area contributed by atoms with Crippen LogP contribution in [0.1, 0.15) is 6.92 Å². The molecule has 0 aromatic carbocycles. The monoisotopic (exact) mass is 211 g/mol. The number of carbonyl (C=O) groups excluding carboxylic acids is 1. The summed E-state index contributed by atoms with van der Waals surface area (Å²) in [6, 6.07) is 0. The molecular weight excluding hydrogens is 206 g/mol. The molecule has 0 bridgehead atoms. The molecule has 0 unspecified atom stereocenters. The van der Waals surface area contributed by atoms with E-state index in [1.807, 2.05) is 4.98 Å². The Balaban J connectivity index is 2.82. The van der Waals surface area contributed by atoms with E-state index in [1.165, 1.54) is 0 Å². The van der Waals surface area contributed by atoms with Crippen LogP contribution in [0.25, 0.3) is 11.2 Å². The molecule has 0 aliphatic carbocycles. The molecule has 0 atom stereocenters. The lowest BCUT2D eigenvalue weighted by Gasteiger charge is -2.01. The number of fused-ring (bicyclic) bond motifs is 1. The van der Waals surface area contributed by atoms with Gasteiger partial charge in [0, 0.05) is 6.92 Å². The second-order valence-electron chi connectivity index (χ2n) is 2.63. The molecule has 0 radical (unpaired) electrons. The zero-order valence-electron chi connectivity index (χ0n) is 7.47. The highest BCUT2D eigenvalue weighted by atomic mass is 16.7. The standard InChI is InChI=1S/C6H5N5O4/c1-2(12)15-11-4-3(8-10-9-4)5(13)7-6(11)14/h1H3,(H,7,13,14)(H,8,9,10). The summed E-state index contributed by atoms with van der Waals surface area (Å²) in [6.07, 6.45) is 0. The second-order valence-corrected chi connectivity index (χ2v) is 2.63. The maximum Gasteiger partial charge on any atom is 0.364 e. The van der Waals surface area contributed by atoms with E-state index in [0.717, 1.165) is 6.92 Å². The van der Waals surface area contributed by atoms with Crippen molar-refractivity contribution < 1.29 is 9.63 Å². The van der Waals surface area contributed by atoms with Crippen molar-refractivity contribution in [2.45, 2.75) is 6.92 Å². The Labute approximate surface area is 80.6 Å². The number of aromatic nitrogens is 5. The Morgan fingerprint density at radius 2 is 2.13 bits per heavy atom. The summed E-state index contributed by atoms with van der Waals surface area (Å²) in [5.74, 6) is -0.714. The number of H-pyrrole nitrogens is 2. The summed E-state index contributed by atoms with van der Waals surface area (Å²) < 4.78 is 0.558. The van der Waals surface area contributed by atoms with Gasteiger partial charge >= 0.3 is 11.7 Å². The molecule has 0 spiro atoms. The molecule has 2 rings (SSSR count). The predicted molar refractivity (Wildman–Crippen MR) is 46.0 cm³/mol. The molecule has 0 aliphatic rings. The zero-order chi connectivity index (χ0) is 11.0. The Morgan fingerprint density at radius 1 is 1.40 bits per heavy atom. The predicted octanol–water partition coefficient (Wildman–Crippen LogP) is -2.22. The van der Waals surface area contributed by atoms with Crippen molar-refractivity contribution >= 4 is 17.1 Å². The smallest absolute Gasteiger partial charge is 0.330 e. The third kappa shape index (κ3) is 1.39. The van der Waals surface area contributed by atoms with E-state index in [-0.39, 0.29) is 11.2 Å². The van der Waals surface area contributed by atoms with E-state index >= 15 is 0 Å². The Morgan fingerprint density at radius 3 is 2.80 bits per heavy atom. The first-order valence-electron chi connectivity index (χ1n) is 3.84. The van der Waals surface area contributed by atoms with Crippen LogP contribution in [0, 0.1) is 0 Å². The molecular formula is C6H5N5O4. The van der Waals surface area contributed by atoms with E-state index in [1.54, 1.807) is 0 Å². The Kier molecular flexibility index (Phi) is 1.85. The fourth-order valence-corrected chi connectivity index (χ4v) is 1.04. The van der Waals surface area contributed by atoms with Crippen LogP contribution >= 0.6 is 0 Å². The summed E-state index contributed by atoms with van der Waals surface area (Å²) >= 11 is 0. The molecule has 2 aromatic rings. The average Bonchev–Trinajstić information content (AvgIpc) is 2.60. The van der Waals surface area contributed by atoms with Gasteiger partial charge in [-0.3, -0.25) is 9.78 Å². The molecule has 2 aromatic heterocycles. The van der Waals surface area contributed by atoms with Crippen LogP contribution in [0.2, 0.25) is 0 Å². The largest absolute Gasteiger partial charge is 0.364 e. The van der Waals surface area contributed by atoms with E-state index in [0.29, 0.717) is 4.73 Å². The quantitative estimate of drug-likeness (QED) is 0.550. The third-order valence-corrected chi connectivity index (χ3v) is 1.56. The highest BCUT2D eigenvalue weighted by Gasteiger charge is 2.13. The van der Waals surface area contributed by atoms with Crippen molar-refractivity contribution in [2.24, 2.45) is 0 Å². The second kappa shape index (κ2) is 3.04. The van der Waals surface area contributed by atoms with Gasteiger partial charge in [-0.1, -0.05) is 4.73 Å². The van der Waals surface area contributed by atoms with Crippen molar-refractivity contribution in [3.05, 3.63) is 20.8 Å². The minimum Gasteiger partial charge on any atom is -0.330 e. The van der Waals surface area contributed by atoms with Gasteiger partial charge in [0.15, 0.2) is 5.52 Å². The van der Waals surface area contributed by atoms with Gasteiger partial charge in [-0.15, -0.1) is 10.2 Å². The van der Waals surface area contributed by atoms with Crippen molar-refractivity contribution in [3.8, 4) is 0 Å². The SMILES string of the molecule is CC(=O)On1c(=O)[nH]c(=O)c2n[nH]nc21. The zero-order valence-corrected chi connectivity index (χ0v) is 7.47. The van der Waals surface area contributed by atoms with Crippen LogP contribution in [0.3, 0.4) is 0 Å². The van der Waals surface area contributed by atoms with E-state index < -0.39 is 17.2 Å². The number of nitrogens with zero attached hydrogens (tertiary/aromatic N) is 3. The van der Waals surface area contributed by atoms with Crippen molar-refractivity contribution in [1.29, 1.82) is 0 Å². The minimum atomic E-state index is -0.892. The highest BCUT2D eigenvalue weighted by Crippen LogP contribution is 1.95. The first-order valence-corrected chi connectivity index (χ1v) is 3.84. The van der Waals surface area contributed by atoms with E-state index in [9.17, 15) is 14.4 Å².